The fraction of sp³-hybridized carbons (Fsp3) is 0.250. The van der Waals surface area contributed by atoms with Crippen LogP contribution in [0.1, 0.15) is 0 Å². The van der Waals surface area contributed by atoms with Gasteiger partial charge in [-0.2, -0.15) is 0 Å². The summed E-state index contributed by atoms with van der Waals surface area (Å²) in [5.41, 5.74) is 3.60. The van der Waals surface area contributed by atoms with Gasteiger partial charge in [-0.15, -0.1) is 0 Å². The number of hydrogen-bond acceptors (Lipinski definition) is 6. The molecule has 0 saturated heterocycles. The summed E-state index contributed by atoms with van der Waals surface area (Å²) in [6.45, 7) is 0. The van der Waals surface area contributed by atoms with Crippen LogP contribution in [0.4, 0.5) is 5.69 Å². The van der Waals surface area contributed by atoms with E-state index in [1.165, 1.54) is 0 Å². The van der Waals surface area contributed by atoms with Gasteiger partial charge in [-0.3, -0.25) is 0 Å². The number of aromatic nitrogens is 1. The van der Waals surface area contributed by atoms with Gasteiger partial charge in [0.25, 0.3) is 0 Å². The molecule has 0 bridgehead atoms. The highest BCUT2D eigenvalue weighted by Crippen LogP contribution is 2.41. The predicted molar refractivity (Wildman–Crippen MR) is 101 cm³/mol. The van der Waals surface area contributed by atoms with Crippen molar-refractivity contribution in [1.82, 2.24) is 5.16 Å². The molecule has 0 atom stereocenters. The average Bonchev–Trinajstić information content (AvgIpc) is 3.16. The molecule has 6 heteroatoms. The van der Waals surface area contributed by atoms with Gasteiger partial charge in [0, 0.05) is 37.5 Å². The first-order valence-electron chi connectivity index (χ1n) is 8.12. The van der Waals surface area contributed by atoms with Crippen LogP contribution in [0.15, 0.2) is 47.0 Å². The summed E-state index contributed by atoms with van der Waals surface area (Å²) < 4.78 is 21.7. The summed E-state index contributed by atoms with van der Waals surface area (Å²) in [5, 5.41) is 4.19. The lowest BCUT2D eigenvalue weighted by Gasteiger charge is -2.12. The fourth-order valence-corrected chi connectivity index (χ4v) is 2.69. The second kappa shape index (κ2) is 7.39. The first-order valence-corrected chi connectivity index (χ1v) is 8.12. The highest BCUT2D eigenvalue weighted by Gasteiger charge is 2.17. The van der Waals surface area contributed by atoms with Crippen LogP contribution in [0, 0.1) is 0 Å². The maximum absolute atomic E-state index is 5.56. The summed E-state index contributed by atoms with van der Waals surface area (Å²) in [7, 11) is 8.79. The number of benzene rings is 2. The molecule has 0 N–H and O–H groups in total. The molecule has 1 aromatic heterocycles. The van der Waals surface area contributed by atoms with Crippen molar-refractivity contribution in [3.63, 3.8) is 0 Å². The van der Waals surface area contributed by atoms with Gasteiger partial charge >= 0.3 is 0 Å². The van der Waals surface area contributed by atoms with Gasteiger partial charge in [-0.1, -0.05) is 17.3 Å². The Labute approximate surface area is 152 Å². The molecule has 0 radical (unpaired) electrons. The van der Waals surface area contributed by atoms with E-state index in [1.54, 1.807) is 27.4 Å². The van der Waals surface area contributed by atoms with Crippen LogP contribution in [0.25, 0.3) is 22.6 Å². The lowest BCUT2D eigenvalue weighted by molar-refractivity contribution is 0.348. The number of hydrogen-bond donors (Lipinski definition) is 0. The van der Waals surface area contributed by atoms with Crippen LogP contribution in [0.3, 0.4) is 0 Å². The SMILES string of the molecule is COc1cc(OC)c(-c2cc(-c3ccc(N(C)C)cc3)no2)cc1OC. The van der Waals surface area contributed by atoms with Crippen LogP contribution in [-0.2, 0) is 0 Å². The highest BCUT2D eigenvalue weighted by atomic mass is 16.5. The Morgan fingerprint density at radius 3 is 2.00 bits per heavy atom. The smallest absolute Gasteiger partial charge is 0.171 e. The first-order chi connectivity index (χ1) is 12.6. The molecule has 0 amide bonds. The van der Waals surface area contributed by atoms with Crippen LogP contribution in [0.5, 0.6) is 17.2 Å². The maximum Gasteiger partial charge on any atom is 0.171 e. The minimum atomic E-state index is 0.590. The predicted octanol–water partition coefficient (Wildman–Crippen LogP) is 4.10. The van der Waals surface area contributed by atoms with E-state index < -0.39 is 0 Å². The number of ether oxygens (including phenoxy) is 3. The van der Waals surface area contributed by atoms with Crippen LogP contribution in [-0.4, -0.2) is 40.6 Å². The summed E-state index contributed by atoms with van der Waals surface area (Å²) in [5.74, 6) is 2.39. The van der Waals surface area contributed by atoms with Gasteiger partial charge in [-0.25, -0.2) is 0 Å². The zero-order chi connectivity index (χ0) is 18.7. The number of methoxy groups -OCH3 is 3. The van der Waals surface area contributed by atoms with Crippen molar-refractivity contribution in [2.24, 2.45) is 0 Å². The minimum absolute atomic E-state index is 0.590. The Bertz CT molecular complexity index is 885. The monoisotopic (exact) mass is 354 g/mol. The normalized spacial score (nSPS) is 10.5. The van der Waals surface area contributed by atoms with Crippen molar-refractivity contribution in [3.05, 3.63) is 42.5 Å². The molecule has 3 aromatic rings. The standard InChI is InChI=1S/C20H22N2O4/c1-22(2)14-8-6-13(7-9-14)16-11-18(26-21-16)15-10-19(24-4)20(25-5)12-17(15)23-3/h6-12H,1-5H3. The van der Waals surface area contributed by atoms with Gasteiger partial charge in [-0.05, 0) is 18.2 Å². The van der Waals surface area contributed by atoms with Crippen LogP contribution in [0.2, 0.25) is 0 Å². The molecular weight excluding hydrogens is 332 g/mol. The molecule has 0 aliphatic rings. The summed E-state index contributed by atoms with van der Waals surface area (Å²) in [6.07, 6.45) is 0. The van der Waals surface area contributed by atoms with E-state index in [0.29, 0.717) is 23.0 Å². The number of rotatable bonds is 6. The van der Waals surface area contributed by atoms with Crippen molar-refractivity contribution >= 4 is 5.69 Å². The number of anilines is 1. The van der Waals surface area contributed by atoms with Crippen molar-refractivity contribution in [2.75, 3.05) is 40.3 Å². The Hall–Kier alpha value is -3.15. The van der Waals surface area contributed by atoms with Crippen molar-refractivity contribution < 1.29 is 18.7 Å². The molecule has 0 fully saturated rings. The van der Waals surface area contributed by atoms with Gasteiger partial charge < -0.3 is 23.6 Å². The lowest BCUT2D eigenvalue weighted by atomic mass is 10.1. The average molecular weight is 354 g/mol. The molecule has 2 aromatic carbocycles. The number of nitrogens with zero attached hydrogens (tertiary/aromatic N) is 2. The molecule has 0 saturated carbocycles. The Balaban J connectivity index is 1.99. The summed E-state index contributed by atoms with van der Waals surface area (Å²) in [4.78, 5) is 2.05. The molecule has 3 rings (SSSR count). The highest BCUT2D eigenvalue weighted by molar-refractivity contribution is 5.74. The topological polar surface area (TPSA) is 57.0 Å². The molecule has 1 heterocycles. The fourth-order valence-electron chi connectivity index (χ4n) is 2.69. The molecule has 136 valence electrons. The minimum Gasteiger partial charge on any atom is -0.496 e. The van der Waals surface area contributed by atoms with Crippen LogP contribution >= 0.6 is 0 Å². The van der Waals surface area contributed by atoms with Crippen molar-refractivity contribution in [1.29, 1.82) is 0 Å². The third-order valence-corrected chi connectivity index (χ3v) is 4.16. The van der Waals surface area contributed by atoms with Crippen molar-refractivity contribution in [3.8, 4) is 39.8 Å². The summed E-state index contributed by atoms with van der Waals surface area (Å²) in [6, 6.07) is 13.6. The second-order valence-corrected chi connectivity index (χ2v) is 5.93. The Morgan fingerprint density at radius 1 is 0.808 bits per heavy atom. The zero-order valence-electron chi connectivity index (χ0n) is 15.6. The van der Waals surface area contributed by atoms with E-state index in [0.717, 1.165) is 22.5 Å². The third kappa shape index (κ3) is 3.31. The molecule has 0 spiro atoms. The first kappa shape index (κ1) is 17.7. The van der Waals surface area contributed by atoms with Crippen LogP contribution < -0.4 is 19.1 Å². The molecular formula is C20H22N2O4. The quantitative estimate of drug-likeness (QED) is 0.664. The summed E-state index contributed by atoms with van der Waals surface area (Å²) >= 11 is 0. The van der Waals surface area contributed by atoms with Crippen molar-refractivity contribution in [2.45, 2.75) is 0 Å². The third-order valence-electron chi connectivity index (χ3n) is 4.16. The maximum atomic E-state index is 5.56. The Kier molecular flexibility index (Phi) is 5.02. The molecule has 6 nitrogen and oxygen atoms in total. The van der Waals surface area contributed by atoms with E-state index in [2.05, 4.69) is 5.16 Å². The molecule has 0 aliphatic carbocycles. The van der Waals surface area contributed by atoms with Gasteiger partial charge in [0.05, 0.1) is 26.9 Å². The van der Waals surface area contributed by atoms with E-state index in [9.17, 15) is 0 Å². The van der Waals surface area contributed by atoms with Gasteiger partial charge in [0.15, 0.2) is 17.3 Å². The molecule has 0 unspecified atom stereocenters. The Morgan fingerprint density at radius 2 is 1.42 bits per heavy atom. The van der Waals surface area contributed by atoms with Gasteiger partial charge in [0.1, 0.15) is 11.4 Å². The molecule has 26 heavy (non-hydrogen) atoms. The zero-order valence-corrected chi connectivity index (χ0v) is 15.6. The second-order valence-electron chi connectivity index (χ2n) is 5.93. The lowest BCUT2D eigenvalue weighted by Crippen LogP contribution is -2.07. The van der Waals surface area contributed by atoms with E-state index >= 15 is 0 Å². The van der Waals surface area contributed by atoms with E-state index in [1.807, 2.05) is 55.4 Å². The van der Waals surface area contributed by atoms with E-state index in [4.69, 9.17) is 18.7 Å². The largest absolute Gasteiger partial charge is 0.496 e. The molecule has 0 aliphatic heterocycles. The van der Waals surface area contributed by atoms with E-state index in [-0.39, 0.29) is 0 Å². The van der Waals surface area contributed by atoms with Gasteiger partial charge in [0.2, 0.25) is 0 Å².